The Morgan fingerprint density at radius 1 is 1.67 bits per heavy atom. The van der Waals surface area contributed by atoms with Crippen LogP contribution in [-0.2, 0) is 0 Å². The van der Waals surface area contributed by atoms with Gasteiger partial charge in [-0.15, -0.1) is 0 Å². The van der Waals surface area contributed by atoms with E-state index < -0.39 is 0 Å². The SMILES string of the molecule is C=C/C(=C\C(F)=C/C)C(C)CN. The van der Waals surface area contributed by atoms with Gasteiger partial charge in [0.15, 0.2) is 0 Å². The Hall–Kier alpha value is -0.890. The molecule has 0 amide bonds. The molecular formula is C10H16FN. The van der Waals surface area contributed by atoms with Crippen LogP contribution in [0.1, 0.15) is 13.8 Å². The maximum Gasteiger partial charge on any atom is 0.119 e. The van der Waals surface area contributed by atoms with E-state index in [1.54, 1.807) is 13.0 Å². The topological polar surface area (TPSA) is 26.0 Å². The van der Waals surface area contributed by atoms with E-state index in [0.29, 0.717) is 6.54 Å². The minimum absolute atomic E-state index is 0.160. The molecule has 0 spiro atoms. The van der Waals surface area contributed by atoms with Crippen LogP contribution in [0.3, 0.4) is 0 Å². The minimum Gasteiger partial charge on any atom is -0.330 e. The largest absolute Gasteiger partial charge is 0.330 e. The van der Waals surface area contributed by atoms with E-state index in [4.69, 9.17) is 5.73 Å². The third kappa shape index (κ3) is 3.49. The third-order valence-electron chi connectivity index (χ3n) is 1.74. The van der Waals surface area contributed by atoms with Gasteiger partial charge in [0, 0.05) is 0 Å². The maximum absolute atomic E-state index is 12.8. The minimum atomic E-state index is -0.245. The fraction of sp³-hybridized carbons (Fsp3) is 0.400. The van der Waals surface area contributed by atoms with Gasteiger partial charge in [0.2, 0.25) is 0 Å². The monoisotopic (exact) mass is 169 g/mol. The highest BCUT2D eigenvalue weighted by Gasteiger charge is 2.03. The van der Waals surface area contributed by atoms with E-state index >= 15 is 0 Å². The average molecular weight is 169 g/mol. The molecule has 0 fully saturated rings. The molecule has 2 N–H and O–H groups in total. The van der Waals surface area contributed by atoms with Gasteiger partial charge >= 0.3 is 0 Å². The fourth-order valence-corrected chi connectivity index (χ4v) is 0.781. The summed E-state index contributed by atoms with van der Waals surface area (Å²) in [4.78, 5) is 0. The van der Waals surface area contributed by atoms with Gasteiger partial charge in [-0.2, -0.15) is 0 Å². The molecule has 1 nitrogen and oxygen atoms in total. The first kappa shape index (κ1) is 11.1. The summed E-state index contributed by atoms with van der Waals surface area (Å²) in [5.74, 6) is -0.0848. The summed E-state index contributed by atoms with van der Waals surface area (Å²) in [7, 11) is 0. The number of halogens is 1. The Morgan fingerprint density at radius 2 is 2.25 bits per heavy atom. The second-order valence-electron chi connectivity index (χ2n) is 2.66. The van der Waals surface area contributed by atoms with Crippen molar-refractivity contribution in [1.29, 1.82) is 0 Å². The third-order valence-corrected chi connectivity index (χ3v) is 1.74. The van der Waals surface area contributed by atoms with Gasteiger partial charge < -0.3 is 5.73 Å². The molecular weight excluding hydrogens is 153 g/mol. The van der Waals surface area contributed by atoms with Gasteiger partial charge in [-0.3, -0.25) is 0 Å². The van der Waals surface area contributed by atoms with Crippen LogP contribution < -0.4 is 5.73 Å². The van der Waals surface area contributed by atoms with Gasteiger partial charge in [-0.25, -0.2) is 4.39 Å². The quantitative estimate of drug-likeness (QED) is 0.643. The van der Waals surface area contributed by atoms with E-state index in [1.807, 2.05) is 6.92 Å². The average Bonchev–Trinajstić information content (AvgIpc) is 2.12. The molecule has 0 heterocycles. The molecule has 0 radical (unpaired) electrons. The van der Waals surface area contributed by atoms with Crippen LogP contribution in [0.25, 0.3) is 0 Å². The summed E-state index contributed by atoms with van der Waals surface area (Å²) in [6.45, 7) is 7.70. The Kier molecular flexibility index (Phi) is 5.30. The molecule has 0 aromatic heterocycles. The molecule has 0 aromatic carbocycles. The van der Waals surface area contributed by atoms with Crippen molar-refractivity contribution in [2.75, 3.05) is 6.54 Å². The summed E-state index contributed by atoms with van der Waals surface area (Å²) < 4.78 is 12.8. The van der Waals surface area contributed by atoms with Gasteiger partial charge in [0.1, 0.15) is 5.83 Å². The highest BCUT2D eigenvalue weighted by molar-refractivity contribution is 5.27. The molecule has 68 valence electrons. The molecule has 0 aromatic rings. The molecule has 0 aliphatic rings. The number of hydrogen-bond acceptors (Lipinski definition) is 1. The predicted octanol–water partition coefficient (Wildman–Crippen LogP) is 2.57. The zero-order chi connectivity index (χ0) is 9.56. The number of hydrogen-bond donors (Lipinski definition) is 1. The smallest absolute Gasteiger partial charge is 0.119 e. The van der Waals surface area contributed by atoms with Crippen molar-refractivity contribution in [2.24, 2.45) is 11.7 Å². The molecule has 0 aliphatic carbocycles. The van der Waals surface area contributed by atoms with E-state index in [2.05, 4.69) is 6.58 Å². The fourth-order valence-electron chi connectivity index (χ4n) is 0.781. The number of allylic oxidation sites excluding steroid dienone is 4. The lowest BCUT2D eigenvalue weighted by Crippen LogP contribution is -2.12. The maximum atomic E-state index is 12.8. The van der Waals surface area contributed by atoms with Crippen LogP contribution in [0.15, 0.2) is 36.2 Å². The van der Waals surface area contributed by atoms with Gasteiger partial charge in [0.25, 0.3) is 0 Å². The van der Waals surface area contributed by atoms with Gasteiger partial charge in [-0.1, -0.05) is 25.7 Å². The summed E-state index contributed by atoms with van der Waals surface area (Å²) in [6, 6.07) is 0. The molecule has 0 bridgehead atoms. The second-order valence-corrected chi connectivity index (χ2v) is 2.66. The standard InChI is InChI=1S/C10H16FN/c1-4-9(8(3)7-12)6-10(11)5-2/h4-6,8H,1,7,12H2,2-3H3/b9-6+,10-5+. The molecule has 1 unspecified atom stereocenters. The van der Waals surface area contributed by atoms with Crippen molar-refractivity contribution in [3.63, 3.8) is 0 Å². The van der Waals surface area contributed by atoms with E-state index in [-0.39, 0.29) is 11.7 Å². The normalized spacial score (nSPS) is 16.0. The van der Waals surface area contributed by atoms with Crippen LogP contribution >= 0.6 is 0 Å². The first-order valence-corrected chi connectivity index (χ1v) is 4.01. The molecule has 1 atom stereocenters. The van der Waals surface area contributed by atoms with Crippen LogP contribution in [0.2, 0.25) is 0 Å². The van der Waals surface area contributed by atoms with Gasteiger partial charge in [0.05, 0.1) is 0 Å². The summed E-state index contributed by atoms with van der Waals surface area (Å²) in [5.41, 5.74) is 6.28. The summed E-state index contributed by atoms with van der Waals surface area (Å²) in [5, 5.41) is 0. The van der Waals surface area contributed by atoms with E-state index in [1.165, 1.54) is 12.2 Å². The Bertz CT molecular complexity index is 204. The molecule has 2 heteroatoms. The Balaban J connectivity index is 4.54. The lowest BCUT2D eigenvalue weighted by atomic mass is 10.0. The Morgan fingerprint density at radius 3 is 2.58 bits per heavy atom. The second kappa shape index (κ2) is 5.72. The van der Waals surface area contributed by atoms with Crippen molar-refractivity contribution in [2.45, 2.75) is 13.8 Å². The van der Waals surface area contributed by atoms with Crippen molar-refractivity contribution in [1.82, 2.24) is 0 Å². The molecule has 12 heavy (non-hydrogen) atoms. The lowest BCUT2D eigenvalue weighted by molar-refractivity contribution is 0.651. The summed E-state index contributed by atoms with van der Waals surface area (Å²) in [6.07, 6.45) is 4.51. The number of nitrogens with two attached hydrogens (primary N) is 1. The molecule has 0 saturated carbocycles. The first-order chi connectivity index (χ1) is 5.65. The van der Waals surface area contributed by atoms with Crippen LogP contribution in [0.5, 0.6) is 0 Å². The van der Waals surface area contributed by atoms with Crippen LogP contribution in [0.4, 0.5) is 4.39 Å². The van der Waals surface area contributed by atoms with Gasteiger partial charge in [-0.05, 0) is 31.0 Å². The van der Waals surface area contributed by atoms with Crippen molar-refractivity contribution in [3.05, 3.63) is 36.2 Å². The number of rotatable bonds is 4. The van der Waals surface area contributed by atoms with Crippen LogP contribution in [0, 0.1) is 5.92 Å². The zero-order valence-corrected chi connectivity index (χ0v) is 7.68. The van der Waals surface area contributed by atoms with Crippen molar-refractivity contribution < 1.29 is 4.39 Å². The predicted molar refractivity (Wildman–Crippen MR) is 51.4 cm³/mol. The van der Waals surface area contributed by atoms with E-state index in [0.717, 1.165) is 5.57 Å². The van der Waals surface area contributed by atoms with Crippen molar-refractivity contribution >= 4 is 0 Å². The molecule has 0 rings (SSSR count). The highest BCUT2D eigenvalue weighted by atomic mass is 19.1. The molecule has 0 saturated heterocycles. The van der Waals surface area contributed by atoms with E-state index in [9.17, 15) is 4.39 Å². The first-order valence-electron chi connectivity index (χ1n) is 4.01. The highest BCUT2D eigenvalue weighted by Crippen LogP contribution is 2.13. The Labute approximate surface area is 73.5 Å². The van der Waals surface area contributed by atoms with Crippen LogP contribution in [-0.4, -0.2) is 6.54 Å². The summed E-state index contributed by atoms with van der Waals surface area (Å²) >= 11 is 0. The zero-order valence-electron chi connectivity index (χ0n) is 7.68. The lowest BCUT2D eigenvalue weighted by Gasteiger charge is -2.08. The molecule has 0 aliphatic heterocycles. The van der Waals surface area contributed by atoms with Crippen molar-refractivity contribution in [3.8, 4) is 0 Å².